The molecule has 0 amide bonds. The predicted octanol–water partition coefficient (Wildman–Crippen LogP) is 5.95. The third kappa shape index (κ3) is 4.14. The van der Waals surface area contributed by atoms with E-state index in [-0.39, 0.29) is 30.3 Å². The van der Waals surface area contributed by atoms with E-state index in [0.29, 0.717) is 40.9 Å². The number of methoxy groups -OCH3 is 4. The Labute approximate surface area is 213 Å². The molecule has 0 bridgehead atoms. The van der Waals surface area contributed by atoms with Crippen molar-refractivity contribution in [3.8, 4) is 45.6 Å². The number of carbonyl (C=O) groups is 1. The number of benzene rings is 2. The molecule has 0 spiro atoms. The molecule has 36 heavy (non-hydrogen) atoms. The summed E-state index contributed by atoms with van der Waals surface area (Å²) in [6.45, 7) is 8.32. The van der Waals surface area contributed by atoms with Crippen LogP contribution in [-0.2, 0) is 11.2 Å². The lowest BCUT2D eigenvalue weighted by Gasteiger charge is -2.35. The lowest BCUT2D eigenvalue weighted by Crippen LogP contribution is -2.25. The first-order valence-corrected chi connectivity index (χ1v) is 12.3. The van der Waals surface area contributed by atoms with E-state index in [1.807, 2.05) is 32.1 Å². The first kappa shape index (κ1) is 25.7. The van der Waals surface area contributed by atoms with Gasteiger partial charge in [-0.1, -0.05) is 19.9 Å². The quantitative estimate of drug-likeness (QED) is 0.438. The van der Waals surface area contributed by atoms with Gasteiger partial charge in [0.15, 0.2) is 28.8 Å². The van der Waals surface area contributed by atoms with Crippen LogP contribution in [0, 0.1) is 11.8 Å². The molecule has 2 aliphatic rings. The Kier molecular flexibility index (Phi) is 7.38. The first-order valence-electron chi connectivity index (χ1n) is 12.3. The molecule has 0 saturated heterocycles. The fourth-order valence-electron chi connectivity index (χ4n) is 5.45. The highest BCUT2D eigenvalue weighted by Gasteiger charge is 2.39. The van der Waals surface area contributed by atoms with Gasteiger partial charge in [-0.3, -0.25) is 4.79 Å². The zero-order valence-corrected chi connectivity index (χ0v) is 22.4. The Morgan fingerprint density at radius 2 is 1.67 bits per heavy atom. The summed E-state index contributed by atoms with van der Waals surface area (Å²) in [6, 6.07) is 4.03. The first-order chi connectivity index (χ1) is 17.3. The lowest BCUT2D eigenvalue weighted by atomic mass is 9.69. The Hall–Kier alpha value is -3.35. The largest absolute Gasteiger partial charge is 0.493 e. The fraction of sp³-hybridized carbons (Fsp3) is 0.483. The average Bonchev–Trinajstić information content (AvgIpc) is 3.36. The van der Waals surface area contributed by atoms with Gasteiger partial charge in [-0.2, -0.15) is 0 Å². The van der Waals surface area contributed by atoms with E-state index in [9.17, 15) is 4.79 Å². The van der Waals surface area contributed by atoms with Crippen molar-refractivity contribution in [2.75, 3.05) is 35.2 Å². The SMILES string of the molecule is C/C=C(/C)C(=O)C[C@H]1c2cc3c(c(OC)c2-c2c(cc(OC)c(OC)c2OC)C[C@@H](C)[C@H]1C)OCO3. The Morgan fingerprint density at radius 3 is 2.28 bits per heavy atom. The van der Waals surface area contributed by atoms with Crippen molar-refractivity contribution in [2.24, 2.45) is 11.8 Å². The normalized spacial score (nSPS) is 20.6. The number of fused-ring (bicyclic) bond motifs is 4. The van der Waals surface area contributed by atoms with Gasteiger partial charge in [-0.05, 0) is 66.9 Å². The minimum Gasteiger partial charge on any atom is -0.493 e. The molecule has 1 aliphatic heterocycles. The molecule has 194 valence electrons. The summed E-state index contributed by atoms with van der Waals surface area (Å²) >= 11 is 0. The van der Waals surface area contributed by atoms with Crippen molar-refractivity contribution in [1.82, 2.24) is 0 Å². The standard InChI is InChI=1S/C29H36O7/c1-9-15(2)21(30)12-19-17(4)16(3)10-18-11-22(31-5)26(32-6)28(33-7)24(18)25-20(19)13-23-27(29(25)34-8)36-14-35-23/h9,11,13,16-17,19H,10,12,14H2,1-8H3/b15-9-/t16-,17-,19-/m1/s1. The summed E-state index contributed by atoms with van der Waals surface area (Å²) in [7, 11) is 6.47. The molecule has 0 radical (unpaired) electrons. The minimum absolute atomic E-state index is 0.0771. The second-order valence-corrected chi connectivity index (χ2v) is 9.53. The molecule has 7 heteroatoms. The maximum absolute atomic E-state index is 13.2. The highest BCUT2D eigenvalue weighted by atomic mass is 16.7. The van der Waals surface area contributed by atoms with Gasteiger partial charge in [0.1, 0.15) is 0 Å². The van der Waals surface area contributed by atoms with Crippen LogP contribution in [0.15, 0.2) is 23.8 Å². The Morgan fingerprint density at radius 1 is 0.972 bits per heavy atom. The number of Topliss-reactive ketones (excluding diaryl/α,β-unsaturated/α-hetero) is 1. The van der Waals surface area contributed by atoms with Crippen LogP contribution in [0.1, 0.15) is 51.2 Å². The number of allylic oxidation sites excluding steroid dienone is 2. The maximum Gasteiger partial charge on any atom is 0.231 e. The molecule has 0 unspecified atom stereocenters. The summed E-state index contributed by atoms with van der Waals surface area (Å²) < 4.78 is 35.1. The number of ketones is 1. The van der Waals surface area contributed by atoms with Gasteiger partial charge < -0.3 is 28.4 Å². The van der Waals surface area contributed by atoms with Crippen molar-refractivity contribution >= 4 is 5.78 Å². The Balaban J connectivity index is 2.12. The van der Waals surface area contributed by atoms with Crippen molar-refractivity contribution in [1.29, 1.82) is 0 Å². The van der Waals surface area contributed by atoms with Crippen molar-refractivity contribution in [2.45, 2.75) is 46.5 Å². The number of carbonyl (C=O) groups excluding carboxylic acids is 1. The average molecular weight is 497 g/mol. The van der Waals surface area contributed by atoms with Crippen LogP contribution in [-0.4, -0.2) is 41.0 Å². The van der Waals surface area contributed by atoms with Gasteiger partial charge in [0, 0.05) is 17.5 Å². The monoisotopic (exact) mass is 496 g/mol. The summed E-state index contributed by atoms with van der Waals surface area (Å²) in [5.41, 5.74) is 4.48. The third-order valence-electron chi connectivity index (χ3n) is 7.77. The molecule has 0 aromatic heterocycles. The maximum atomic E-state index is 13.2. The second-order valence-electron chi connectivity index (χ2n) is 9.53. The van der Waals surface area contributed by atoms with Crippen LogP contribution >= 0.6 is 0 Å². The highest BCUT2D eigenvalue weighted by molar-refractivity contribution is 5.96. The van der Waals surface area contributed by atoms with Gasteiger partial charge >= 0.3 is 0 Å². The van der Waals surface area contributed by atoms with E-state index < -0.39 is 0 Å². The fourth-order valence-corrected chi connectivity index (χ4v) is 5.45. The highest BCUT2D eigenvalue weighted by Crippen LogP contribution is 2.58. The molecule has 1 aliphatic carbocycles. The molecular weight excluding hydrogens is 460 g/mol. The number of hydrogen-bond acceptors (Lipinski definition) is 7. The lowest BCUT2D eigenvalue weighted by molar-refractivity contribution is -0.116. The zero-order valence-electron chi connectivity index (χ0n) is 22.4. The molecule has 2 aromatic rings. The van der Waals surface area contributed by atoms with E-state index in [4.69, 9.17) is 28.4 Å². The molecule has 1 heterocycles. The van der Waals surface area contributed by atoms with Crippen molar-refractivity contribution in [3.05, 3.63) is 34.9 Å². The van der Waals surface area contributed by atoms with Crippen LogP contribution in [0.5, 0.6) is 34.5 Å². The third-order valence-corrected chi connectivity index (χ3v) is 7.77. The van der Waals surface area contributed by atoms with Crippen LogP contribution in [0.4, 0.5) is 0 Å². The summed E-state index contributed by atoms with van der Waals surface area (Å²) in [6.07, 6.45) is 3.01. The van der Waals surface area contributed by atoms with E-state index in [1.165, 1.54) is 0 Å². The van der Waals surface area contributed by atoms with E-state index in [0.717, 1.165) is 34.2 Å². The van der Waals surface area contributed by atoms with Crippen LogP contribution in [0.2, 0.25) is 0 Å². The topological polar surface area (TPSA) is 72.5 Å². The van der Waals surface area contributed by atoms with Crippen LogP contribution in [0.3, 0.4) is 0 Å². The van der Waals surface area contributed by atoms with Gasteiger partial charge in [-0.25, -0.2) is 0 Å². The second kappa shape index (κ2) is 10.3. The zero-order chi connectivity index (χ0) is 26.1. The molecule has 0 saturated carbocycles. The molecule has 7 nitrogen and oxygen atoms in total. The molecule has 4 rings (SSSR count). The number of rotatable bonds is 7. The summed E-state index contributed by atoms with van der Waals surface area (Å²) in [4.78, 5) is 13.2. The Bertz CT molecular complexity index is 1200. The molecule has 2 aromatic carbocycles. The van der Waals surface area contributed by atoms with Gasteiger partial charge in [0.05, 0.1) is 28.4 Å². The van der Waals surface area contributed by atoms with E-state index in [1.54, 1.807) is 28.4 Å². The smallest absolute Gasteiger partial charge is 0.231 e. The van der Waals surface area contributed by atoms with Crippen LogP contribution < -0.4 is 28.4 Å². The summed E-state index contributed by atoms with van der Waals surface area (Å²) in [5, 5.41) is 0. The van der Waals surface area contributed by atoms with Gasteiger partial charge in [-0.15, -0.1) is 0 Å². The van der Waals surface area contributed by atoms with Crippen molar-refractivity contribution < 1.29 is 33.2 Å². The van der Waals surface area contributed by atoms with Gasteiger partial charge in [0.25, 0.3) is 0 Å². The van der Waals surface area contributed by atoms with Gasteiger partial charge in [0.2, 0.25) is 18.3 Å². The summed E-state index contributed by atoms with van der Waals surface area (Å²) in [5.74, 6) is 3.90. The minimum atomic E-state index is -0.0771. The van der Waals surface area contributed by atoms with Crippen LogP contribution in [0.25, 0.3) is 11.1 Å². The molecule has 0 fully saturated rings. The molecular formula is C29H36O7. The van der Waals surface area contributed by atoms with E-state index >= 15 is 0 Å². The van der Waals surface area contributed by atoms with E-state index in [2.05, 4.69) is 13.8 Å². The molecule has 3 atom stereocenters. The predicted molar refractivity (Wildman–Crippen MR) is 138 cm³/mol. The number of hydrogen-bond donors (Lipinski definition) is 0. The molecule has 0 N–H and O–H groups in total. The number of ether oxygens (including phenoxy) is 6. The van der Waals surface area contributed by atoms with Crippen molar-refractivity contribution in [3.63, 3.8) is 0 Å².